The smallest absolute Gasteiger partial charge is 0.339 e. The molecule has 0 radical (unpaired) electrons. The van der Waals surface area contributed by atoms with E-state index in [1.807, 2.05) is 0 Å². The Morgan fingerprint density at radius 2 is 2.00 bits per heavy atom. The summed E-state index contributed by atoms with van der Waals surface area (Å²) in [4.78, 5) is 10.1. The lowest BCUT2D eigenvalue weighted by Gasteiger charge is -2.04. The highest BCUT2D eigenvalue weighted by atomic mass is 79.9. The molecular weight excluding hydrogens is 314 g/mol. The van der Waals surface area contributed by atoms with Crippen LogP contribution in [0.5, 0.6) is 0 Å². The average Bonchev–Trinajstić information content (AvgIpc) is 2.00. The van der Waals surface area contributed by atoms with Crippen LogP contribution in [-0.2, 0) is 9.05 Å². The molecule has 0 aliphatic rings. The van der Waals surface area contributed by atoms with Crippen LogP contribution in [0.15, 0.2) is 21.5 Å². The lowest BCUT2D eigenvalue weighted by molar-refractivity contribution is 0.0690. The molecule has 0 saturated carbocycles. The molecule has 0 spiro atoms. The van der Waals surface area contributed by atoms with Crippen LogP contribution in [-0.4, -0.2) is 19.5 Å². The van der Waals surface area contributed by atoms with E-state index < -0.39 is 35.8 Å². The summed E-state index contributed by atoms with van der Waals surface area (Å²) in [6.45, 7) is 0. The van der Waals surface area contributed by atoms with Gasteiger partial charge in [0.05, 0.1) is 9.37 Å². The molecule has 0 atom stereocenters. The van der Waals surface area contributed by atoms with Crippen molar-refractivity contribution in [3.8, 4) is 0 Å². The van der Waals surface area contributed by atoms with Crippen molar-refractivity contribution >= 4 is 41.6 Å². The fourth-order valence-corrected chi connectivity index (χ4v) is 3.26. The van der Waals surface area contributed by atoms with Crippen molar-refractivity contribution in [2.24, 2.45) is 0 Å². The van der Waals surface area contributed by atoms with E-state index in [0.717, 1.165) is 12.1 Å². The summed E-state index contributed by atoms with van der Waals surface area (Å²) in [5, 5.41) is 8.63. The third-order valence-corrected chi connectivity index (χ3v) is 3.98. The predicted octanol–water partition coefficient (Wildman–Crippen LogP) is 2.21. The number of halogens is 3. The number of carboxylic acid groups (broad SMARTS) is 1. The van der Waals surface area contributed by atoms with Gasteiger partial charge < -0.3 is 5.11 Å². The number of hydrogen-bond acceptors (Lipinski definition) is 3. The zero-order valence-electron chi connectivity index (χ0n) is 6.87. The first-order valence-electron chi connectivity index (χ1n) is 3.41. The molecule has 0 heterocycles. The van der Waals surface area contributed by atoms with Crippen LogP contribution in [0.2, 0.25) is 0 Å². The Hall–Kier alpha value is -0.660. The van der Waals surface area contributed by atoms with Gasteiger partial charge in [-0.25, -0.2) is 17.6 Å². The van der Waals surface area contributed by atoms with Crippen molar-refractivity contribution < 1.29 is 22.7 Å². The van der Waals surface area contributed by atoms with Crippen LogP contribution in [0.3, 0.4) is 0 Å². The Bertz CT molecular complexity index is 528. The SMILES string of the molecule is O=C(O)c1c(F)ccc(S(=O)(=O)Cl)c1Br. The number of benzene rings is 1. The molecule has 0 aliphatic carbocycles. The Morgan fingerprint density at radius 3 is 2.40 bits per heavy atom. The molecule has 1 N–H and O–H groups in total. The first-order chi connectivity index (χ1) is 6.75. The summed E-state index contributed by atoms with van der Waals surface area (Å²) in [5.41, 5.74) is -0.767. The Balaban J connectivity index is 3.64. The van der Waals surface area contributed by atoms with Gasteiger partial charge in [-0.05, 0) is 28.1 Å². The van der Waals surface area contributed by atoms with E-state index in [0.29, 0.717) is 0 Å². The van der Waals surface area contributed by atoms with Crippen LogP contribution in [0.1, 0.15) is 10.4 Å². The van der Waals surface area contributed by atoms with Gasteiger partial charge >= 0.3 is 5.97 Å². The second kappa shape index (κ2) is 4.07. The molecule has 0 unspecified atom stereocenters. The molecule has 0 aromatic heterocycles. The second-order valence-corrected chi connectivity index (χ2v) is 5.80. The number of carbonyl (C=O) groups is 1. The van der Waals surface area contributed by atoms with Crippen molar-refractivity contribution in [3.63, 3.8) is 0 Å². The van der Waals surface area contributed by atoms with Crippen LogP contribution in [0.4, 0.5) is 4.39 Å². The van der Waals surface area contributed by atoms with E-state index in [1.54, 1.807) is 0 Å². The summed E-state index contributed by atoms with van der Waals surface area (Å²) >= 11 is 2.68. The molecule has 0 aliphatic heterocycles. The van der Waals surface area contributed by atoms with Crippen LogP contribution >= 0.6 is 26.6 Å². The van der Waals surface area contributed by atoms with Crippen LogP contribution < -0.4 is 0 Å². The minimum atomic E-state index is -4.11. The molecule has 4 nitrogen and oxygen atoms in total. The number of rotatable bonds is 2. The average molecular weight is 318 g/mol. The predicted molar refractivity (Wildman–Crippen MR) is 54.1 cm³/mol. The lowest BCUT2D eigenvalue weighted by atomic mass is 10.2. The van der Waals surface area contributed by atoms with Crippen LogP contribution in [0.25, 0.3) is 0 Å². The number of hydrogen-bond donors (Lipinski definition) is 1. The lowest BCUT2D eigenvalue weighted by Crippen LogP contribution is -2.05. The number of aromatic carboxylic acids is 1. The van der Waals surface area contributed by atoms with Crippen molar-refractivity contribution in [1.29, 1.82) is 0 Å². The normalized spacial score (nSPS) is 11.4. The van der Waals surface area contributed by atoms with E-state index in [4.69, 9.17) is 15.8 Å². The zero-order chi connectivity index (χ0) is 11.8. The highest BCUT2D eigenvalue weighted by molar-refractivity contribution is 9.10. The molecule has 1 aromatic carbocycles. The zero-order valence-corrected chi connectivity index (χ0v) is 10.0. The van der Waals surface area contributed by atoms with Crippen molar-refractivity contribution in [3.05, 3.63) is 28.0 Å². The largest absolute Gasteiger partial charge is 0.478 e. The highest BCUT2D eigenvalue weighted by Crippen LogP contribution is 2.30. The van der Waals surface area contributed by atoms with Gasteiger partial charge in [-0.2, -0.15) is 0 Å². The fraction of sp³-hybridized carbons (Fsp3) is 0. The summed E-state index contributed by atoms with van der Waals surface area (Å²) in [7, 11) is 0.909. The maximum atomic E-state index is 13.0. The monoisotopic (exact) mass is 316 g/mol. The van der Waals surface area contributed by atoms with E-state index in [1.165, 1.54) is 0 Å². The van der Waals surface area contributed by atoms with Crippen molar-refractivity contribution in [1.82, 2.24) is 0 Å². The molecule has 0 saturated heterocycles. The standard InChI is InChI=1S/C7H3BrClFO4S/c8-6-4(15(9,13)14)2-1-3(10)5(6)7(11)12/h1-2H,(H,11,12). The van der Waals surface area contributed by atoms with Crippen molar-refractivity contribution in [2.45, 2.75) is 4.90 Å². The first kappa shape index (κ1) is 12.4. The van der Waals surface area contributed by atoms with Gasteiger partial charge in [0.2, 0.25) is 0 Å². The number of carboxylic acids is 1. The van der Waals surface area contributed by atoms with E-state index in [2.05, 4.69) is 15.9 Å². The van der Waals surface area contributed by atoms with Gasteiger partial charge in [-0.3, -0.25) is 0 Å². The summed E-state index contributed by atoms with van der Waals surface area (Å²) in [5.74, 6) is -2.63. The summed E-state index contributed by atoms with van der Waals surface area (Å²) < 4.78 is 34.5. The molecule has 1 rings (SSSR count). The van der Waals surface area contributed by atoms with Crippen molar-refractivity contribution in [2.75, 3.05) is 0 Å². The minimum absolute atomic E-state index is 0.398. The van der Waals surface area contributed by atoms with E-state index in [9.17, 15) is 17.6 Å². The second-order valence-electron chi connectivity index (χ2n) is 2.48. The Morgan fingerprint density at radius 1 is 1.47 bits per heavy atom. The molecule has 1 aromatic rings. The quantitative estimate of drug-likeness (QED) is 0.849. The minimum Gasteiger partial charge on any atom is -0.478 e. The molecule has 82 valence electrons. The molecule has 0 amide bonds. The van der Waals surface area contributed by atoms with Gasteiger partial charge in [0.1, 0.15) is 11.4 Å². The summed E-state index contributed by atoms with van der Waals surface area (Å²) in [6.07, 6.45) is 0. The first-order valence-corrected chi connectivity index (χ1v) is 6.51. The Kier molecular flexibility index (Phi) is 3.37. The fourth-order valence-electron chi connectivity index (χ4n) is 0.918. The van der Waals surface area contributed by atoms with Gasteiger partial charge in [-0.1, -0.05) is 0 Å². The third-order valence-electron chi connectivity index (χ3n) is 1.53. The molecular formula is C7H3BrClFO4S. The highest BCUT2D eigenvalue weighted by Gasteiger charge is 2.23. The van der Waals surface area contributed by atoms with Gasteiger partial charge in [0.15, 0.2) is 0 Å². The summed E-state index contributed by atoms with van der Waals surface area (Å²) in [6, 6.07) is 1.61. The maximum Gasteiger partial charge on any atom is 0.339 e. The topological polar surface area (TPSA) is 71.4 Å². The van der Waals surface area contributed by atoms with Crippen LogP contribution in [0, 0.1) is 5.82 Å². The van der Waals surface area contributed by atoms with Gasteiger partial charge in [0, 0.05) is 10.7 Å². The van der Waals surface area contributed by atoms with Gasteiger partial charge in [-0.15, -0.1) is 0 Å². The van der Waals surface area contributed by atoms with E-state index in [-0.39, 0.29) is 0 Å². The van der Waals surface area contributed by atoms with E-state index >= 15 is 0 Å². The van der Waals surface area contributed by atoms with Gasteiger partial charge in [0.25, 0.3) is 9.05 Å². The molecule has 0 fully saturated rings. The molecule has 8 heteroatoms. The molecule has 0 bridgehead atoms. The molecule has 15 heavy (non-hydrogen) atoms. The third kappa shape index (κ3) is 2.47. The Labute approximate surface area is 97.2 Å². The maximum absolute atomic E-state index is 13.0.